The molecule has 1 unspecified atom stereocenters. The number of nitrogens with zero attached hydrogens (tertiary/aromatic N) is 1. The number of rotatable bonds is 10. The summed E-state index contributed by atoms with van der Waals surface area (Å²) in [6.45, 7) is 8.38. The molecule has 3 rings (SSSR count). The van der Waals surface area contributed by atoms with E-state index in [0.717, 1.165) is 24.4 Å². The number of benzene rings is 2. The van der Waals surface area contributed by atoms with Crippen LogP contribution in [-0.2, 0) is 4.74 Å². The third-order valence-electron chi connectivity index (χ3n) is 5.25. The summed E-state index contributed by atoms with van der Waals surface area (Å²) in [7, 11) is 1.65. The van der Waals surface area contributed by atoms with Gasteiger partial charge in [-0.05, 0) is 49.7 Å². The van der Waals surface area contributed by atoms with E-state index in [1.54, 1.807) is 25.3 Å². The summed E-state index contributed by atoms with van der Waals surface area (Å²) >= 11 is 0. The summed E-state index contributed by atoms with van der Waals surface area (Å²) in [4.78, 5) is 15.3. The van der Waals surface area contributed by atoms with E-state index in [-0.39, 0.29) is 11.9 Å². The second kappa shape index (κ2) is 11.6. The van der Waals surface area contributed by atoms with Crippen LogP contribution < -0.4 is 19.5 Å². The molecule has 0 saturated carbocycles. The molecule has 1 aliphatic rings. The topological polar surface area (TPSA) is 69.3 Å². The number of nitrogens with one attached hydrogen (secondary N) is 1. The number of hydrogen-bond acceptors (Lipinski definition) is 6. The van der Waals surface area contributed by atoms with Gasteiger partial charge in [0, 0.05) is 25.2 Å². The number of amides is 1. The zero-order chi connectivity index (χ0) is 22.1. The van der Waals surface area contributed by atoms with Gasteiger partial charge in [0.1, 0.15) is 5.75 Å². The molecule has 1 N–H and O–H groups in total. The summed E-state index contributed by atoms with van der Waals surface area (Å²) in [6, 6.07) is 13.3. The number of morpholine rings is 1. The van der Waals surface area contributed by atoms with E-state index < -0.39 is 0 Å². The Morgan fingerprint density at radius 3 is 2.35 bits per heavy atom. The fourth-order valence-electron chi connectivity index (χ4n) is 3.66. The molecule has 7 heteroatoms. The van der Waals surface area contributed by atoms with Crippen LogP contribution in [0.25, 0.3) is 0 Å². The van der Waals surface area contributed by atoms with Gasteiger partial charge in [-0.1, -0.05) is 12.1 Å². The second-order valence-electron chi connectivity index (χ2n) is 7.17. The zero-order valence-corrected chi connectivity index (χ0v) is 18.6. The maximum absolute atomic E-state index is 12.9. The summed E-state index contributed by atoms with van der Waals surface area (Å²) in [6.07, 6.45) is 0. The third-order valence-corrected chi connectivity index (χ3v) is 5.25. The molecule has 0 bridgehead atoms. The first-order valence-corrected chi connectivity index (χ1v) is 10.8. The number of hydrogen-bond donors (Lipinski definition) is 1. The highest BCUT2D eigenvalue weighted by atomic mass is 16.5. The van der Waals surface area contributed by atoms with Crippen molar-refractivity contribution in [1.29, 1.82) is 0 Å². The SMILES string of the molecule is CCOc1ccc(C(=O)NCC(c2ccc(OC)cc2)N2CCOCC2)cc1OCC. The minimum absolute atomic E-state index is 0.0489. The lowest BCUT2D eigenvalue weighted by atomic mass is 10.0. The fourth-order valence-corrected chi connectivity index (χ4v) is 3.66. The molecule has 0 spiro atoms. The Balaban J connectivity index is 1.74. The number of methoxy groups -OCH3 is 1. The van der Waals surface area contributed by atoms with Crippen molar-refractivity contribution >= 4 is 5.91 Å². The van der Waals surface area contributed by atoms with Crippen LogP contribution in [0.15, 0.2) is 42.5 Å². The third kappa shape index (κ3) is 6.12. The van der Waals surface area contributed by atoms with E-state index >= 15 is 0 Å². The Morgan fingerprint density at radius 2 is 1.71 bits per heavy atom. The van der Waals surface area contributed by atoms with Crippen molar-refractivity contribution in [1.82, 2.24) is 10.2 Å². The van der Waals surface area contributed by atoms with Crippen molar-refractivity contribution in [3.05, 3.63) is 53.6 Å². The van der Waals surface area contributed by atoms with Gasteiger partial charge in [0.15, 0.2) is 11.5 Å². The molecule has 2 aromatic carbocycles. The van der Waals surface area contributed by atoms with Crippen molar-refractivity contribution in [2.45, 2.75) is 19.9 Å². The van der Waals surface area contributed by atoms with E-state index in [0.29, 0.717) is 50.0 Å². The number of carbonyl (C=O) groups is 1. The molecule has 1 fully saturated rings. The Hall–Kier alpha value is -2.77. The summed E-state index contributed by atoms with van der Waals surface area (Å²) < 4.78 is 22.0. The van der Waals surface area contributed by atoms with Crippen LogP contribution in [0.4, 0.5) is 0 Å². The minimum atomic E-state index is -0.143. The highest BCUT2D eigenvalue weighted by Gasteiger charge is 2.24. The fraction of sp³-hybridized carbons (Fsp3) is 0.458. The molecule has 0 aliphatic carbocycles. The van der Waals surface area contributed by atoms with Gasteiger partial charge in [-0.2, -0.15) is 0 Å². The Bertz CT molecular complexity index is 834. The summed E-state index contributed by atoms with van der Waals surface area (Å²) in [5.41, 5.74) is 1.67. The molecule has 2 aromatic rings. The number of carbonyl (C=O) groups excluding carboxylic acids is 1. The second-order valence-corrected chi connectivity index (χ2v) is 7.17. The largest absolute Gasteiger partial charge is 0.497 e. The Labute approximate surface area is 184 Å². The molecule has 1 amide bonds. The zero-order valence-electron chi connectivity index (χ0n) is 18.6. The Morgan fingerprint density at radius 1 is 1.03 bits per heavy atom. The van der Waals surface area contributed by atoms with Crippen LogP contribution in [0.2, 0.25) is 0 Å². The molecule has 0 aromatic heterocycles. The van der Waals surface area contributed by atoms with E-state index in [9.17, 15) is 4.79 Å². The molecule has 0 radical (unpaired) electrons. The highest BCUT2D eigenvalue weighted by molar-refractivity contribution is 5.94. The van der Waals surface area contributed by atoms with Crippen LogP contribution in [0.3, 0.4) is 0 Å². The Kier molecular flexibility index (Phi) is 8.55. The maximum atomic E-state index is 12.9. The van der Waals surface area contributed by atoms with Gasteiger partial charge in [-0.25, -0.2) is 0 Å². The molecule has 1 saturated heterocycles. The summed E-state index contributed by atoms with van der Waals surface area (Å²) in [5, 5.41) is 3.10. The van der Waals surface area contributed by atoms with Gasteiger partial charge in [0.2, 0.25) is 0 Å². The van der Waals surface area contributed by atoms with Gasteiger partial charge in [-0.15, -0.1) is 0 Å². The van der Waals surface area contributed by atoms with Crippen LogP contribution in [0, 0.1) is 0 Å². The van der Waals surface area contributed by atoms with E-state index in [2.05, 4.69) is 22.3 Å². The standard InChI is InChI=1S/C24H32N2O5/c1-4-30-22-11-8-19(16-23(22)31-5-2)24(27)25-17-21(26-12-14-29-15-13-26)18-6-9-20(28-3)10-7-18/h6-11,16,21H,4-5,12-15,17H2,1-3H3,(H,25,27). The van der Waals surface area contributed by atoms with Gasteiger partial charge in [0.25, 0.3) is 5.91 Å². The molecular formula is C24H32N2O5. The van der Waals surface area contributed by atoms with Crippen molar-refractivity contribution < 1.29 is 23.7 Å². The van der Waals surface area contributed by atoms with Gasteiger partial charge >= 0.3 is 0 Å². The lowest BCUT2D eigenvalue weighted by Gasteiger charge is -2.35. The van der Waals surface area contributed by atoms with Crippen molar-refractivity contribution in [2.24, 2.45) is 0 Å². The van der Waals surface area contributed by atoms with Crippen molar-refractivity contribution in [2.75, 3.05) is 53.2 Å². The van der Waals surface area contributed by atoms with Crippen molar-refractivity contribution in [3.63, 3.8) is 0 Å². The summed E-state index contributed by atoms with van der Waals surface area (Å²) in [5.74, 6) is 1.89. The van der Waals surface area contributed by atoms with E-state index in [1.165, 1.54) is 0 Å². The quantitative estimate of drug-likeness (QED) is 0.626. The lowest BCUT2D eigenvalue weighted by molar-refractivity contribution is 0.0162. The van der Waals surface area contributed by atoms with Crippen LogP contribution in [-0.4, -0.2) is 64.0 Å². The van der Waals surface area contributed by atoms with Crippen LogP contribution >= 0.6 is 0 Å². The normalized spacial score (nSPS) is 15.2. The first-order valence-electron chi connectivity index (χ1n) is 10.8. The van der Waals surface area contributed by atoms with Crippen LogP contribution in [0.5, 0.6) is 17.2 Å². The lowest BCUT2D eigenvalue weighted by Crippen LogP contribution is -2.43. The van der Waals surface area contributed by atoms with Gasteiger partial charge < -0.3 is 24.3 Å². The predicted octanol–water partition coefficient (Wildman–Crippen LogP) is 3.30. The molecule has 1 aliphatic heterocycles. The predicted molar refractivity (Wildman–Crippen MR) is 119 cm³/mol. The molecule has 7 nitrogen and oxygen atoms in total. The first kappa shape index (κ1) is 22.9. The number of ether oxygens (including phenoxy) is 4. The highest BCUT2D eigenvalue weighted by Crippen LogP contribution is 2.29. The maximum Gasteiger partial charge on any atom is 0.251 e. The average molecular weight is 429 g/mol. The molecule has 31 heavy (non-hydrogen) atoms. The van der Waals surface area contributed by atoms with Crippen molar-refractivity contribution in [3.8, 4) is 17.2 Å². The van der Waals surface area contributed by atoms with Gasteiger partial charge in [-0.3, -0.25) is 9.69 Å². The molecule has 1 atom stereocenters. The average Bonchev–Trinajstić information content (AvgIpc) is 2.81. The van der Waals surface area contributed by atoms with E-state index in [4.69, 9.17) is 18.9 Å². The molecule has 168 valence electrons. The monoisotopic (exact) mass is 428 g/mol. The minimum Gasteiger partial charge on any atom is -0.497 e. The van der Waals surface area contributed by atoms with E-state index in [1.807, 2.05) is 26.0 Å². The van der Waals surface area contributed by atoms with Crippen LogP contribution in [0.1, 0.15) is 35.8 Å². The first-order chi connectivity index (χ1) is 15.2. The molecule has 1 heterocycles. The molecular weight excluding hydrogens is 396 g/mol. The van der Waals surface area contributed by atoms with Gasteiger partial charge in [0.05, 0.1) is 39.6 Å². The smallest absolute Gasteiger partial charge is 0.251 e.